The van der Waals surface area contributed by atoms with Crippen molar-refractivity contribution in [3.8, 4) is 5.88 Å². The first-order valence-electron chi connectivity index (χ1n) is 4.17. The summed E-state index contributed by atoms with van der Waals surface area (Å²) < 4.78 is 6.83. The Morgan fingerprint density at radius 2 is 2.46 bits per heavy atom. The molecule has 0 aliphatic heterocycles. The van der Waals surface area contributed by atoms with Crippen LogP contribution in [0.4, 0.5) is 0 Å². The fraction of sp³-hybridized carbons (Fsp3) is 0.500. The SMILES string of the molecule is Cn1nc(OC2CC2)cc1C(N)=O. The Hall–Kier alpha value is -1.52. The number of carbonyl (C=O) groups is 1. The van der Waals surface area contributed by atoms with Crippen LogP contribution in [0, 0.1) is 0 Å². The number of nitrogens with zero attached hydrogens (tertiary/aromatic N) is 2. The maximum Gasteiger partial charge on any atom is 0.267 e. The van der Waals surface area contributed by atoms with Gasteiger partial charge in [0.05, 0.1) is 0 Å². The summed E-state index contributed by atoms with van der Waals surface area (Å²) in [5, 5.41) is 4.01. The lowest BCUT2D eigenvalue weighted by Crippen LogP contribution is -2.15. The van der Waals surface area contributed by atoms with Gasteiger partial charge in [0.25, 0.3) is 5.91 Å². The summed E-state index contributed by atoms with van der Waals surface area (Å²) in [5.41, 5.74) is 5.49. The lowest BCUT2D eigenvalue weighted by Gasteiger charge is -1.95. The number of primary amides is 1. The number of carbonyl (C=O) groups excluding carboxylic acids is 1. The van der Waals surface area contributed by atoms with Crippen LogP contribution >= 0.6 is 0 Å². The average molecular weight is 181 g/mol. The molecule has 2 rings (SSSR count). The molecule has 0 atom stereocenters. The fourth-order valence-corrected chi connectivity index (χ4v) is 1.09. The number of aromatic nitrogens is 2. The minimum atomic E-state index is -0.486. The Kier molecular flexibility index (Phi) is 1.72. The first-order valence-corrected chi connectivity index (χ1v) is 4.17. The van der Waals surface area contributed by atoms with Crippen molar-refractivity contribution in [3.63, 3.8) is 0 Å². The normalized spacial score (nSPS) is 15.8. The van der Waals surface area contributed by atoms with Gasteiger partial charge in [-0.3, -0.25) is 9.48 Å². The molecule has 5 heteroatoms. The van der Waals surface area contributed by atoms with Gasteiger partial charge in [0, 0.05) is 13.1 Å². The topological polar surface area (TPSA) is 70.1 Å². The lowest BCUT2D eigenvalue weighted by atomic mass is 10.4. The van der Waals surface area contributed by atoms with E-state index in [1.165, 1.54) is 4.68 Å². The maximum absolute atomic E-state index is 10.8. The van der Waals surface area contributed by atoms with Gasteiger partial charge in [0.1, 0.15) is 11.8 Å². The molecule has 1 fully saturated rings. The molecular formula is C8H11N3O2. The molecule has 70 valence electrons. The number of hydrogen-bond donors (Lipinski definition) is 1. The third-order valence-corrected chi connectivity index (χ3v) is 1.92. The minimum absolute atomic E-state index is 0.288. The molecule has 1 saturated carbocycles. The quantitative estimate of drug-likeness (QED) is 0.716. The van der Waals surface area contributed by atoms with Gasteiger partial charge in [0.15, 0.2) is 0 Å². The highest BCUT2D eigenvalue weighted by Crippen LogP contribution is 2.25. The molecule has 13 heavy (non-hydrogen) atoms. The molecule has 0 saturated heterocycles. The molecule has 0 radical (unpaired) electrons. The third-order valence-electron chi connectivity index (χ3n) is 1.92. The zero-order valence-corrected chi connectivity index (χ0v) is 7.36. The second kappa shape index (κ2) is 2.76. The van der Waals surface area contributed by atoms with Crippen LogP contribution in [0.1, 0.15) is 23.3 Å². The number of aryl methyl sites for hydroxylation is 1. The molecular weight excluding hydrogens is 170 g/mol. The average Bonchev–Trinajstić information content (AvgIpc) is 2.75. The van der Waals surface area contributed by atoms with Gasteiger partial charge in [-0.2, -0.15) is 0 Å². The monoisotopic (exact) mass is 181 g/mol. The van der Waals surface area contributed by atoms with E-state index in [9.17, 15) is 4.79 Å². The molecule has 0 spiro atoms. The highest BCUT2D eigenvalue weighted by atomic mass is 16.5. The summed E-state index contributed by atoms with van der Waals surface area (Å²) >= 11 is 0. The first-order chi connectivity index (χ1) is 6.16. The number of amides is 1. The minimum Gasteiger partial charge on any atom is -0.473 e. The van der Waals surface area contributed by atoms with E-state index in [0.717, 1.165) is 12.8 Å². The van der Waals surface area contributed by atoms with Crippen molar-refractivity contribution in [3.05, 3.63) is 11.8 Å². The largest absolute Gasteiger partial charge is 0.473 e. The zero-order valence-electron chi connectivity index (χ0n) is 7.36. The van der Waals surface area contributed by atoms with Crippen molar-refractivity contribution >= 4 is 5.91 Å². The Morgan fingerprint density at radius 1 is 1.77 bits per heavy atom. The van der Waals surface area contributed by atoms with Crippen LogP contribution < -0.4 is 10.5 Å². The second-order valence-electron chi connectivity index (χ2n) is 3.17. The van der Waals surface area contributed by atoms with Gasteiger partial charge in [-0.1, -0.05) is 0 Å². The van der Waals surface area contributed by atoms with Crippen LogP contribution in [0.2, 0.25) is 0 Å². The van der Waals surface area contributed by atoms with E-state index in [4.69, 9.17) is 10.5 Å². The highest BCUT2D eigenvalue weighted by Gasteiger charge is 2.25. The van der Waals surface area contributed by atoms with Crippen molar-refractivity contribution in [2.45, 2.75) is 18.9 Å². The van der Waals surface area contributed by atoms with Gasteiger partial charge in [0.2, 0.25) is 5.88 Å². The van der Waals surface area contributed by atoms with Crippen LogP contribution in [0.3, 0.4) is 0 Å². The van der Waals surface area contributed by atoms with Crippen LogP contribution in [0.25, 0.3) is 0 Å². The maximum atomic E-state index is 10.8. The standard InChI is InChI=1S/C8H11N3O2/c1-11-6(8(9)12)4-7(10-11)13-5-2-3-5/h4-5H,2-3H2,1H3,(H2,9,12). The number of hydrogen-bond acceptors (Lipinski definition) is 3. The highest BCUT2D eigenvalue weighted by molar-refractivity contribution is 5.91. The van der Waals surface area contributed by atoms with Gasteiger partial charge in [-0.05, 0) is 12.8 Å². The van der Waals surface area contributed by atoms with E-state index < -0.39 is 5.91 Å². The first kappa shape index (κ1) is 8.10. The van der Waals surface area contributed by atoms with E-state index in [2.05, 4.69) is 5.10 Å². The zero-order chi connectivity index (χ0) is 9.42. The summed E-state index contributed by atoms with van der Waals surface area (Å²) in [6.45, 7) is 0. The predicted octanol–water partition coefficient (Wildman–Crippen LogP) is 0.0602. The summed E-state index contributed by atoms with van der Waals surface area (Å²) in [4.78, 5) is 10.8. The molecule has 1 aliphatic rings. The Bertz CT molecular complexity index is 341. The van der Waals surface area contributed by atoms with Gasteiger partial charge >= 0.3 is 0 Å². The fourth-order valence-electron chi connectivity index (χ4n) is 1.09. The molecule has 1 aliphatic carbocycles. The number of ether oxygens (including phenoxy) is 1. The molecule has 0 unspecified atom stereocenters. The molecule has 0 bridgehead atoms. The molecule has 0 aromatic carbocycles. The summed E-state index contributed by atoms with van der Waals surface area (Å²) in [6, 6.07) is 1.57. The number of nitrogens with two attached hydrogens (primary N) is 1. The van der Waals surface area contributed by atoms with Crippen molar-refractivity contribution in [1.29, 1.82) is 0 Å². The summed E-state index contributed by atoms with van der Waals surface area (Å²) in [6.07, 6.45) is 2.43. The van der Waals surface area contributed by atoms with Crippen LogP contribution in [-0.4, -0.2) is 21.8 Å². The van der Waals surface area contributed by atoms with E-state index in [-0.39, 0.29) is 6.10 Å². The Morgan fingerprint density at radius 3 is 2.92 bits per heavy atom. The van der Waals surface area contributed by atoms with Crippen LogP contribution in [-0.2, 0) is 7.05 Å². The van der Waals surface area contributed by atoms with Crippen molar-refractivity contribution < 1.29 is 9.53 Å². The van der Waals surface area contributed by atoms with Gasteiger partial charge in [-0.15, -0.1) is 5.10 Å². The van der Waals surface area contributed by atoms with Crippen LogP contribution in [0.15, 0.2) is 6.07 Å². The van der Waals surface area contributed by atoms with Crippen LogP contribution in [0.5, 0.6) is 5.88 Å². The van der Waals surface area contributed by atoms with E-state index >= 15 is 0 Å². The lowest BCUT2D eigenvalue weighted by molar-refractivity contribution is 0.0991. The molecule has 5 nitrogen and oxygen atoms in total. The van der Waals surface area contributed by atoms with E-state index in [1.807, 2.05) is 0 Å². The summed E-state index contributed by atoms with van der Waals surface area (Å²) in [7, 11) is 1.67. The molecule has 1 amide bonds. The van der Waals surface area contributed by atoms with E-state index in [1.54, 1.807) is 13.1 Å². The Labute approximate surface area is 75.5 Å². The molecule has 2 N–H and O–H groups in total. The molecule has 1 aromatic heterocycles. The number of rotatable bonds is 3. The third kappa shape index (κ3) is 1.63. The van der Waals surface area contributed by atoms with Gasteiger partial charge < -0.3 is 10.5 Å². The predicted molar refractivity (Wildman–Crippen MR) is 45.4 cm³/mol. The Balaban J connectivity index is 2.18. The summed E-state index contributed by atoms with van der Waals surface area (Å²) in [5.74, 6) is -0.000512. The van der Waals surface area contributed by atoms with E-state index in [0.29, 0.717) is 11.6 Å². The van der Waals surface area contributed by atoms with Gasteiger partial charge in [-0.25, -0.2) is 0 Å². The second-order valence-corrected chi connectivity index (χ2v) is 3.17. The van der Waals surface area contributed by atoms with Crippen molar-refractivity contribution in [2.24, 2.45) is 12.8 Å². The van der Waals surface area contributed by atoms with Crippen molar-refractivity contribution in [1.82, 2.24) is 9.78 Å². The molecule has 1 aromatic rings. The van der Waals surface area contributed by atoms with Crippen molar-refractivity contribution in [2.75, 3.05) is 0 Å². The molecule has 1 heterocycles. The smallest absolute Gasteiger partial charge is 0.267 e.